The van der Waals surface area contributed by atoms with Crippen molar-refractivity contribution in [3.63, 3.8) is 0 Å². The number of fused-ring (bicyclic) bond motifs is 16. The molecule has 0 unspecified atom stereocenters. The second-order valence-electron chi connectivity index (χ2n) is 14.1. The molecule has 0 saturated carbocycles. The molecule has 2 heterocycles. The van der Waals surface area contributed by atoms with Crippen molar-refractivity contribution in [2.24, 2.45) is 0 Å². The number of thiophene rings is 1. The predicted molar refractivity (Wildman–Crippen MR) is 223 cm³/mol. The molecule has 0 atom stereocenters. The van der Waals surface area contributed by atoms with Gasteiger partial charge in [-0.2, -0.15) is 0 Å². The second kappa shape index (κ2) is 10.7. The highest BCUT2D eigenvalue weighted by Crippen LogP contribution is 2.63. The summed E-state index contributed by atoms with van der Waals surface area (Å²) in [6, 6.07) is 61.9. The molecule has 12 rings (SSSR count). The lowest BCUT2D eigenvalue weighted by Gasteiger charge is -2.32. The van der Waals surface area contributed by atoms with E-state index in [-0.39, 0.29) is 0 Å². The van der Waals surface area contributed by atoms with Crippen molar-refractivity contribution in [2.45, 2.75) is 5.41 Å². The zero-order valence-electron chi connectivity index (χ0n) is 28.3. The lowest BCUT2D eigenvalue weighted by molar-refractivity contribution is 0.669. The first-order valence-corrected chi connectivity index (χ1v) is 19.1. The Hall–Kier alpha value is -6.13. The largest absolute Gasteiger partial charge is 0.456 e. The van der Waals surface area contributed by atoms with Gasteiger partial charge in [-0.3, -0.25) is 0 Å². The van der Waals surface area contributed by atoms with Gasteiger partial charge in [0.15, 0.2) is 0 Å². The van der Waals surface area contributed by atoms with E-state index < -0.39 is 5.41 Å². The van der Waals surface area contributed by atoms with E-state index in [9.17, 15) is 0 Å². The van der Waals surface area contributed by atoms with Crippen molar-refractivity contribution >= 4 is 82.1 Å². The first-order valence-electron chi connectivity index (χ1n) is 17.9. The predicted octanol–water partition coefficient (Wildman–Crippen LogP) is 14.4. The smallest absolute Gasteiger partial charge is 0.136 e. The molecule has 2 aliphatic rings. The summed E-state index contributed by atoms with van der Waals surface area (Å²) in [4.78, 5) is 2.44. The van der Waals surface area contributed by atoms with Crippen molar-refractivity contribution in [3.05, 3.63) is 197 Å². The third-order valence-corrected chi connectivity index (χ3v) is 13.1. The van der Waals surface area contributed by atoms with Crippen LogP contribution in [0.3, 0.4) is 0 Å². The van der Waals surface area contributed by atoms with Gasteiger partial charge in [0.05, 0.1) is 20.8 Å². The molecule has 2 aromatic heterocycles. The molecule has 0 radical (unpaired) electrons. The number of rotatable bonds is 3. The van der Waals surface area contributed by atoms with Crippen LogP contribution in [-0.2, 0) is 5.41 Å². The molecule has 4 heteroatoms. The first kappa shape index (κ1) is 29.4. The van der Waals surface area contributed by atoms with E-state index in [1.165, 1.54) is 64.7 Å². The highest BCUT2D eigenvalue weighted by molar-refractivity contribution is 7.26. The zero-order valence-corrected chi connectivity index (χ0v) is 29.9. The van der Waals surface area contributed by atoms with Gasteiger partial charge in [0.2, 0.25) is 0 Å². The van der Waals surface area contributed by atoms with E-state index >= 15 is 0 Å². The molecular weight excluding hydrogens is 686 g/mol. The van der Waals surface area contributed by atoms with E-state index in [0.29, 0.717) is 5.02 Å². The molecule has 10 aromatic rings. The van der Waals surface area contributed by atoms with E-state index in [0.717, 1.165) is 39.0 Å². The summed E-state index contributed by atoms with van der Waals surface area (Å²) in [7, 11) is 0. The van der Waals surface area contributed by atoms with Crippen LogP contribution in [-0.4, -0.2) is 0 Å². The Morgan fingerprint density at radius 2 is 1.08 bits per heavy atom. The number of benzene rings is 8. The highest BCUT2D eigenvalue weighted by Gasteiger charge is 2.51. The van der Waals surface area contributed by atoms with Gasteiger partial charge in [-0.05, 0) is 99.1 Å². The molecule has 2 aliphatic carbocycles. The van der Waals surface area contributed by atoms with Crippen LogP contribution < -0.4 is 4.90 Å². The van der Waals surface area contributed by atoms with Gasteiger partial charge in [-0.25, -0.2) is 0 Å². The van der Waals surface area contributed by atoms with Crippen LogP contribution in [0, 0.1) is 0 Å². The summed E-state index contributed by atoms with van der Waals surface area (Å²) in [6.45, 7) is 0. The molecule has 1 spiro atoms. The van der Waals surface area contributed by atoms with E-state index in [1.54, 1.807) is 0 Å². The first-order chi connectivity index (χ1) is 26.2. The molecule has 0 N–H and O–H groups in total. The van der Waals surface area contributed by atoms with Crippen LogP contribution >= 0.6 is 22.9 Å². The minimum atomic E-state index is -0.442. The average Bonchev–Trinajstić information content (AvgIpc) is 3.94. The number of nitrogens with zero attached hydrogens (tertiary/aromatic N) is 1. The molecule has 0 saturated heterocycles. The van der Waals surface area contributed by atoms with Crippen LogP contribution in [0.5, 0.6) is 0 Å². The highest BCUT2D eigenvalue weighted by atomic mass is 35.5. The van der Waals surface area contributed by atoms with Crippen molar-refractivity contribution in [3.8, 4) is 22.3 Å². The van der Waals surface area contributed by atoms with Gasteiger partial charge >= 0.3 is 0 Å². The third kappa shape index (κ3) is 3.83. The third-order valence-electron chi connectivity index (χ3n) is 11.5. The molecule has 0 aliphatic heterocycles. The van der Waals surface area contributed by atoms with E-state index in [4.69, 9.17) is 16.0 Å². The molecule has 8 aromatic carbocycles. The number of anilines is 3. The molecule has 2 nitrogen and oxygen atoms in total. The lowest BCUT2D eigenvalue weighted by atomic mass is 9.70. The molecule has 0 bridgehead atoms. The molecule has 0 amide bonds. The number of furan rings is 1. The van der Waals surface area contributed by atoms with Gasteiger partial charge in [0.1, 0.15) is 11.2 Å². The van der Waals surface area contributed by atoms with Crippen molar-refractivity contribution in [2.75, 3.05) is 4.90 Å². The maximum atomic E-state index is 6.85. The van der Waals surface area contributed by atoms with Gasteiger partial charge < -0.3 is 9.32 Å². The van der Waals surface area contributed by atoms with Crippen LogP contribution in [0.2, 0.25) is 5.02 Å². The van der Waals surface area contributed by atoms with E-state index in [2.05, 4.69) is 157 Å². The number of hydrogen-bond donors (Lipinski definition) is 0. The maximum Gasteiger partial charge on any atom is 0.136 e. The monoisotopic (exact) mass is 713 g/mol. The molecular formula is C49H28ClNOS. The molecule has 53 heavy (non-hydrogen) atoms. The summed E-state index contributed by atoms with van der Waals surface area (Å²) < 4.78 is 8.84. The fraction of sp³-hybridized carbons (Fsp3) is 0.0204. The van der Waals surface area contributed by atoms with Crippen molar-refractivity contribution in [1.82, 2.24) is 0 Å². The Morgan fingerprint density at radius 1 is 0.472 bits per heavy atom. The summed E-state index contributed by atoms with van der Waals surface area (Å²) >= 11 is 8.70. The van der Waals surface area contributed by atoms with Gasteiger partial charge in [0.25, 0.3) is 0 Å². The lowest BCUT2D eigenvalue weighted by Crippen LogP contribution is -2.26. The molecule has 248 valence electrons. The Morgan fingerprint density at radius 3 is 1.83 bits per heavy atom. The normalized spacial score (nSPS) is 13.5. The van der Waals surface area contributed by atoms with Crippen LogP contribution in [0.4, 0.5) is 17.1 Å². The van der Waals surface area contributed by atoms with Crippen LogP contribution in [0.1, 0.15) is 22.3 Å². The average molecular weight is 714 g/mol. The Labute approximate surface area is 314 Å². The van der Waals surface area contributed by atoms with E-state index in [1.807, 2.05) is 29.5 Å². The minimum absolute atomic E-state index is 0.442. The second-order valence-corrected chi connectivity index (χ2v) is 15.6. The van der Waals surface area contributed by atoms with Gasteiger partial charge in [-0.15, -0.1) is 11.3 Å². The summed E-state index contributed by atoms with van der Waals surface area (Å²) in [6.07, 6.45) is 0. The maximum absolute atomic E-state index is 6.85. The van der Waals surface area contributed by atoms with Gasteiger partial charge in [-0.1, -0.05) is 127 Å². The number of hydrogen-bond acceptors (Lipinski definition) is 3. The van der Waals surface area contributed by atoms with Crippen LogP contribution in [0.25, 0.3) is 64.4 Å². The van der Waals surface area contributed by atoms with Crippen molar-refractivity contribution in [1.29, 1.82) is 0 Å². The number of halogens is 1. The quantitative estimate of drug-likeness (QED) is 0.181. The Kier molecular flexibility index (Phi) is 5.95. The standard InChI is InChI=1S/C49H28ClNOS/c50-42-19-10-21-45-47(42)37-27-29(24-26-44(37)52-45)51(43-20-9-15-36-35-14-4-8-22-46(35)53-48(36)43)30-23-25-34-33-13-3-7-18-40(33)49(41(34)28-30)38-16-5-1-11-31(38)32-12-2-6-17-39(32)49/h1-28H. The minimum Gasteiger partial charge on any atom is -0.456 e. The Balaban J connectivity index is 1.18. The topological polar surface area (TPSA) is 16.4 Å². The summed E-state index contributed by atoms with van der Waals surface area (Å²) in [5.74, 6) is 0. The summed E-state index contributed by atoms with van der Waals surface area (Å²) in [5, 5.41) is 5.16. The Bertz CT molecular complexity index is 3110. The van der Waals surface area contributed by atoms with Gasteiger partial charge in [0, 0.05) is 37.6 Å². The fourth-order valence-corrected chi connectivity index (χ4v) is 10.9. The molecule has 0 fully saturated rings. The fourth-order valence-electron chi connectivity index (χ4n) is 9.47. The summed E-state index contributed by atoms with van der Waals surface area (Å²) in [5.41, 5.74) is 14.9. The SMILES string of the molecule is Clc1cccc2oc3ccc(N(c4ccc5c(c4)C4(c6ccccc6-c6ccccc64)c4ccccc4-5)c4cccc5c4sc4ccccc45)cc3c12. The zero-order chi connectivity index (χ0) is 34.8. The van der Waals surface area contributed by atoms with Crippen molar-refractivity contribution < 1.29 is 4.42 Å². The van der Waals surface area contributed by atoms with Crippen LogP contribution in [0.15, 0.2) is 174 Å².